The summed E-state index contributed by atoms with van der Waals surface area (Å²) in [6, 6.07) is 9.39. The average molecular weight is 353 g/mol. The average Bonchev–Trinajstić information content (AvgIpc) is 2.53. The molecule has 0 spiro atoms. The van der Waals surface area contributed by atoms with Gasteiger partial charge in [-0.2, -0.15) is 12.1 Å². The van der Waals surface area contributed by atoms with Crippen molar-refractivity contribution < 1.29 is 21.1 Å². The van der Waals surface area contributed by atoms with Gasteiger partial charge in [0.15, 0.2) is 0 Å². The molecule has 1 aliphatic rings. The second-order valence-corrected chi connectivity index (χ2v) is 3.28. The minimum Gasteiger partial charge on any atom is -0.319 e. The van der Waals surface area contributed by atoms with E-state index in [0.717, 1.165) is 23.4 Å². The predicted molar refractivity (Wildman–Crippen MR) is 54.6 cm³/mol. The van der Waals surface area contributed by atoms with Crippen molar-refractivity contribution in [3.8, 4) is 0 Å². The van der Waals surface area contributed by atoms with Crippen molar-refractivity contribution in [3.05, 3.63) is 41.5 Å². The molecule has 0 radical (unpaired) electrons. The van der Waals surface area contributed by atoms with Crippen molar-refractivity contribution in [1.82, 2.24) is 0 Å². The summed E-state index contributed by atoms with van der Waals surface area (Å²) in [6.07, 6.45) is 3.22. The van der Waals surface area contributed by atoms with Gasteiger partial charge in [0, 0.05) is 0 Å². The zero-order chi connectivity index (χ0) is 9.26. The number of aliphatic imine (C=N–C) groups is 1. The Hall–Kier alpha value is -0.682. The molecule has 1 aromatic carbocycles. The van der Waals surface area contributed by atoms with Gasteiger partial charge >= 0.3 is 21.1 Å². The summed E-state index contributed by atoms with van der Waals surface area (Å²) in [4.78, 5) is 4.26. The molecule has 0 bridgehead atoms. The van der Waals surface area contributed by atoms with E-state index in [1.54, 1.807) is 0 Å². The molecule has 0 atom stereocenters. The summed E-state index contributed by atoms with van der Waals surface area (Å²) < 4.78 is 0. The monoisotopic (exact) mass is 353 g/mol. The third-order valence-corrected chi connectivity index (χ3v) is 2.10. The standard InChI is InChI=1S/C12H11N.W/c1-9-3-5-11(6-4-9)12-7-10(2)13-8-12;/h3-5H,8H2,1-2H3;/q-2;+2. The molecular weight excluding hydrogens is 342 g/mol. The molecule has 0 aliphatic carbocycles. The maximum atomic E-state index is 4.26. The Balaban J connectivity index is 0.000000980. The van der Waals surface area contributed by atoms with Crippen LogP contribution in [-0.4, -0.2) is 12.3 Å². The largest absolute Gasteiger partial charge is 2.00 e. The minimum absolute atomic E-state index is 0. The molecule has 1 heterocycles. The molecule has 0 saturated heterocycles. The number of rotatable bonds is 1. The van der Waals surface area contributed by atoms with Crippen LogP contribution in [0.2, 0.25) is 0 Å². The van der Waals surface area contributed by atoms with Crippen molar-refractivity contribution in [2.45, 2.75) is 13.8 Å². The zero-order valence-electron chi connectivity index (χ0n) is 8.29. The van der Waals surface area contributed by atoms with Gasteiger partial charge in [-0.25, -0.2) is 12.1 Å². The van der Waals surface area contributed by atoms with E-state index in [0.29, 0.717) is 0 Å². The molecule has 14 heavy (non-hydrogen) atoms. The third kappa shape index (κ3) is 2.42. The molecule has 0 amide bonds. The van der Waals surface area contributed by atoms with E-state index in [2.05, 4.69) is 36.2 Å². The molecule has 1 aromatic rings. The summed E-state index contributed by atoms with van der Waals surface area (Å²) in [6.45, 7) is 4.79. The van der Waals surface area contributed by atoms with Crippen LogP contribution >= 0.6 is 0 Å². The zero-order valence-corrected chi connectivity index (χ0v) is 11.2. The fourth-order valence-corrected chi connectivity index (χ4v) is 1.34. The van der Waals surface area contributed by atoms with Crippen molar-refractivity contribution in [1.29, 1.82) is 0 Å². The molecule has 0 aromatic heterocycles. The van der Waals surface area contributed by atoms with E-state index in [4.69, 9.17) is 0 Å². The predicted octanol–water partition coefficient (Wildman–Crippen LogP) is 2.45. The van der Waals surface area contributed by atoms with Crippen molar-refractivity contribution >= 4 is 11.3 Å². The number of allylic oxidation sites excluding steroid dienone is 1. The van der Waals surface area contributed by atoms with Gasteiger partial charge in [-0.1, -0.05) is 12.6 Å². The number of aryl methyl sites for hydroxylation is 1. The molecule has 0 unspecified atom stereocenters. The van der Waals surface area contributed by atoms with Gasteiger partial charge in [-0.3, -0.25) is 17.2 Å². The van der Waals surface area contributed by atoms with E-state index in [1.165, 1.54) is 5.56 Å². The Morgan fingerprint density at radius 3 is 2.57 bits per heavy atom. The van der Waals surface area contributed by atoms with Gasteiger partial charge in [0.2, 0.25) is 0 Å². The van der Waals surface area contributed by atoms with Crippen molar-refractivity contribution in [3.63, 3.8) is 0 Å². The van der Waals surface area contributed by atoms with Crippen LogP contribution in [0.1, 0.15) is 18.1 Å². The van der Waals surface area contributed by atoms with Crippen LogP contribution in [0.15, 0.2) is 23.2 Å². The normalized spacial score (nSPS) is 14.4. The van der Waals surface area contributed by atoms with Crippen LogP contribution in [0, 0.1) is 19.1 Å². The molecule has 2 heteroatoms. The maximum Gasteiger partial charge on any atom is 2.00 e. The van der Waals surface area contributed by atoms with Gasteiger partial charge in [-0.05, 0) is 13.5 Å². The second-order valence-electron chi connectivity index (χ2n) is 3.28. The Labute approximate surface area is 99.2 Å². The molecule has 0 N–H and O–H groups in total. The molecule has 1 nitrogen and oxygen atoms in total. The van der Waals surface area contributed by atoms with Gasteiger partial charge in [0.1, 0.15) is 0 Å². The molecule has 2 rings (SSSR count). The van der Waals surface area contributed by atoms with Crippen LogP contribution in [0.4, 0.5) is 0 Å². The van der Waals surface area contributed by atoms with E-state index in [-0.39, 0.29) is 21.1 Å². The number of hydrogen-bond acceptors (Lipinski definition) is 1. The fourth-order valence-electron chi connectivity index (χ4n) is 1.34. The third-order valence-electron chi connectivity index (χ3n) is 2.10. The topological polar surface area (TPSA) is 12.4 Å². The maximum absolute atomic E-state index is 4.26. The summed E-state index contributed by atoms with van der Waals surface area (Å²) in [5.74, 6) is 0. The van der Waals surface area contributed by atoms with Gasteiger partial charge in [0.05, 0.1) is 0 Å². The van der Waals surface area contributed by atoms with Crippen LogP contribution in [-0.2, 0) is 21.1 Å². The van der Waals surface area contributed by atoms with Gasteiger partial charge in [0.25, 0.3) is 0 Å². The molecule has 1 aliphatic heterocycles. The Morgan fingerprint density at radius 1 is 1.29 bits per heavy atom. The summed E-state index contributed by atoms with van der Waals surface area (Å²) in [5, 5.41) is 0. The van der Waals surface area contributed by atoms with E-state index in [9.17, 15) is 0 Å². The fraction of sp³-hybridized carbons (Fsp3) is 0.250. The Bertz CT molecular complexity index is 374. The van der Waals surface area contributed by atoms with Gasteiger partial charge in [-0.15, -0.1) is 5.56 Å². The second kappa shape index (κ2) is 4.70. The quantitative estimate of drug-likeness (QED) is 0.688. The van der Waals surface area contributed by atoms with Crippen molar-refractivity contribution in [2.75, 3.05) is 6.54 Å². The first-order valence-corrected chi connectivity index (χ1v) is 4.38. The first-order valence-electron chi connectivity index (χ1n) is 4.38. The number of hydrogen-bond donors (Lipinski definition) is 0. The van der Waals surface area contributed by atoms with E-state index < -0.39 is 0 Å². The summed E-state index contributed by atoms with van der Waals surface area (Å²) >= 11 is 0. The summed E-state index contributed by atoms with van der Waals surface area (Å²) in [7, 11) is 0. The van der Waals surface area contributed by atoms with Crippen LogP contribution in [0.3, 0.4) is 0 Å². The van der Waals surface area contributed by atoms with Crippen LogP contribution < -0.4 is 0 Å². The van der Waals surface area contributed by atoms with E-state index >= 15 is 0 Å². The molecule has 0 saturated carbocycles. The Morgan fingerprint density at radius 2 is 2.07 bits per heavy atom. The number of benzene rings is 1. The van der Waals surface area contributed by atoms with Crippen LogP contribution in [0.25, 0.3) is 5.57 Å². The van der Waals surface area contributed by atoms with Gasteiger partial charge < -0.3 is 4.99 Å². The minimum atomic E-state index is 0. The van der Waals surface area contributed by atoms with Crippen LogP contribution in [0.5, 0.6) is 0 Å². The Kier molecular flexibility index (Phi) is 3.83. The number of nitrogens with zero attached hydrogens (tertiary/aromatic N) is 1. The smallest absolute Gasteiger partial charge is 0.319 e. The first kappa shape index (κ1) is 11.4. The first-order chi connectivity index (χ1) is 6.25. The molecule has 0 fully saturated rings. The summed E-state index contributed by atoms with van der Waals surface area (Å²) in [5.41, 5.74) is 4.49. The van der Waals surface area contributed by atoms with Crippen molar-refractivity contribution in [2.24, 2.45) is 4.99 Å². The SMILES string of the molecule is CC1=NCC(c2[c-]cc(C)cc2)=[C-]1.[W+2]. The van der Waals surface area contributed by atoms with E-state index in [1.807, 2.05) is 13.0 Å². The molecular formula is C12H11NW. The molecule has 70 valence electrons.